The van der Waals surface area contributed by atoms with Crippen LogP contribution in [0.25, 0.3) is 0 Å². The van der Waals surface area contributed by atoms with Gasteiger partial charge in [0.15, 0.2) is 0 Å². The summed E-state index contributed by atoms with van der Waals surface area (Å²) in [6, 6.07) is 7.04. The van der Waals surface area contributed by atoms with Crippen molar-refractivity contribution >= 4 is 34.8 Å². The van der Waals surface area contributed by atoms with Crippen LogP contribution in [-0.4, -0.2) is 12.5 Å². The van der Waals surface area contributed by atoms with Crippen molar-refractivity contribution in [1.29, 1.82) is 5.26 Å². The molecule has 1 atom stereocenters. The molecule has 0 aliphatic carbocycles. The molecule has 0 saturated carbocycles. The lowest BCUT2D eigenvalue weighted by molar-refractivity contribution is -0.117. The molecule has 1 aromatic carbocycles. The van der Waals surface area contributed by atoms with Gasteiger partial charge in [0.1, 0.15) is 0 Å². The van der Waals surface area contributed by atoms with Gasteiger partial charge in [0.25, 0.3) is 0 Å². The molecular formula is C11H8Cl2N2O. The molecule has 1 aromatic rings. The highest BCUT2D eigenvalue weighted by molar-refractivity contribution is 6.35. The van der Waals surface area contributed by atoms with Gasteiger partial charge >= 0.3 is 0 Å². The minimum atomic E-state index is -0.262. The van der Waals surface area contributed by atoms with E-state index >= 15 is 0 Å². The van der Waals surface area contributed by atoms with Crippen LogP contribution in [0.3, 0.4) is 0 Å². The van der Waals surface area contributed by atoms with Gasteiger partial charge in [-0.15, -0.1) is 0 Å². The molecule has 16 heavy (non-hydrogen) atoms. The summed E-state index contributed by atoms with van der Waals surface area (Å²) in [7, 11) is 0. The van der Waals surface area contributed by atoms with Crippen LogP contribution in [0.15, 0.2) is 18.2 Å². The molecule has 0 spiro atoms. The van der Waals surface area contributed by atoms with Crippen molar-refractivity contribution in [2.75, 3.05) is 11.4 Å². The summed E-state index contributed by atoms with van der Waals surface area (Å²) in [5.74, 6) is -0.349. The standard InChI is InChI=1S/C11H8Cl2N2O/c12-8-1-2-9(13)10(4-8)15-6-7(5-14)3-11(15)16/h1-2,4,7H,3,6H2. The normalized spacial score (nSPS) is 19.9. The number of hydrogen-bond acceptors (Lipinski definition) is 2. The smallest absolute Gasteiger partial charge is 0.228 e. The second kappa shape index (κ2) is 4.32. The van der Waals surface area contributed by atoms with E-state index in [2.05, 4.69) is 6.07 Å². The average molecular weight is 255 g/mol. The number of halogens is 2. The Hall–Kier alpha value is -1.24. The monoisotopic (exact) mass is 254 g/mol. The molecule has 1 aliphatic rings. The molecular weight excluding hydrogens is 247 g/mol. The molecule has 2 rings (SSSR count). The highest BCUT2D eigenvalue weighted by Gasteiger charge is 2.31. The highest BCUT2D eigenvalue weighted by Crippen LogP contribution is 2.33. The van der Waals surface area contributed by atoms with Gasteiger partial charge in [-0.1, -0.05) is 23.2 Å². The number of nitrogens with zero attached hydrogens (tertiary/aromatic N) is 2. The summed E-state index contributed by atoms with van der Waals surface area (Å²) < 4.78 is 0. The zero-order valence-corrected chi connectivity index (χ0v) is 9.79. The molecule has 0 N–H and O–H groups in total. The van der Waals surface area contributed by atoms with Crippen molar-refractivity contribution in [2.45, 2.75) is 6.42 Å². The first-order valence-corrected chi connectivity index (χ1v) is 5.52. The molecule has 82 valence electrons. The third-order valence-electron chi connectivity index (χ3n) is 2.51. The van der Waals surface area contributed by atoms with Crippen molar-refractivity contribution < 1.29 is 4.79 Å². The number of hydrogen-bond donors (Lipinski definition) is 0. The molecule has 1 fully saturated rings. The van der Waals surface area contributed by atoms with Gasteiger partial charge in [0, 0.05) is 18.0 Å². The van der Waals surface area contributed by atoms with Gasteiger partial charge in [0.2, 0.25) is 5.91 Å². The van der Waals surface area contributed by atoms with Crippen LogP contribution in [0.2, 0.25) is 10.0 Å². The first-order valence-electron chi connectivity index (χ1n) is 4.77. The fourth-order valence-corrected chi connectivity index (χ4v) is 2.11. The van der Waals surface area contributed by atoms with Crippen molar-refractivity contribution in [3.05, 3.63) is 28.2 Å². The number of benzene rings is 1. The Morgan fingerprint density at radius 3 is 2.81 bits per heavy atom. The number of rotatable bonds is 1. The van der Waals surface area contributed by atoms with E-state index in [9.17, 15) is 4.79 Å². The van der Waals surface area contributed by atoms with Crippen molar-refractivity contribution in [3.8, 4) is 6.07 Å². The maximum absolute atomic E-state index is 11.7. The lowest BCUT2D eigenvalue weighted by atomic mass is 10.1. The minimum Gasteiger partial charge on any atom is -0.310 e. The predicted octanol–water partition coefficient (Wildman–Crippen LogP) is 2.87. The lowest BCUT2D eigenvalue weighted by Gasteiger charge is -2.17. The SMILES string of the molecule is N#CC1CC(=O)N(c2cc(Cl)ccc2Cl)C1. The van der Waals surface area contributed by atoms with Crippen LogP contribution in [0.1, 0.15) is 6.42 Å². The number of amides is 1. The van der Waals surface area contributed by atoms with Crippen LogP contribution >= 0.6 is 23.2 Å². The zero-order chi connectivity index (χ0) is 11.7. The zero-order valence-electron chi connectivity index (χ0n) is 8.28. The Balaban J connectivity index is 2.35. The van der Waals surface area contributed by atoms with Gasteiger partial charge in [-0.05, 0) is 18.2 Å². The largest absolute Gasteiger partial charge is 0.310 e. The summed E-state index contributed by atoms with van der Waals surface area (Å²) in [5, 5.41) is 9.77. The molecule has 0 bridgehead atoms. The number of carbonyl (C=O) groups is 1. The van der Waals surface area contributed by atoms with E-state index in [4.69, 9.17) is 28.5 Å². The van der Waals surface area contributed by atoms with E-state index in [0.717, 1.165) is 0 Å². The second-order valence-electron chi connectivity index (χ2n) is 3.63. The summed E-state index contributed by atoms with van der Waals surface area (Å²) in [6.45, 7) is 0.384. The summed E-state index contributed by atoms with van der Waals surface area (Å²) in [4.78, 5) is 13.2. The fourth-order valence-electron chi connectivity index (χ4n) is 1.72. The maximum atomic E-state index is 11.7. The number of nitriles is 1. The predicted molar refractivity (Wildman–Crippen MR) is 62.5 cm³/mol. The highest BCUT2D eigenvalue weighted by atomic mass is 35.5. The van der Waals surface area contributed by atoms with E-state index in [-0.39, 0.29) is 18.2 Å². The van der Waals surface area contributed by atoms with Crippen LogP contribution in [0, 0.1) is 17.2 Å². The first kappa shape index (κ1) is 11.3. The van der Waals surface area contributed by atoms with Crippen LogP contribution in [0.4, 0.5) is 5.69 Å². The molecule has 5 heteroatoms. The van der Waals surface area contributed by atoms with E-state index in [1.54, 1.807) is 18.2 Å². The van der Waals surface area contributed by atoms with E-state index in [1.807, 2.05) is 0 Å². The average Bonchev–Trinajstić information content (AvgIpc) is 2.63. The van der Waals surface area contributed by atoms with E-state index in [1.165, 1.54) is 4.90 Å². The summed E-state index contributed by atoms with van der Waals surface area (Å²) in [6.07, 6.45) is 0.249. The van der Waals surface area contributed by atoms with Crippen LogP contribution in [-0.2, 0) is 4.79 Å². The third-order valence-corrected chi connectivity index (χ3v) is 3.06. The van der Waals surface area contributed by atoms with Crippen molar-refractivity contribution in [2.24, 2.45) is 5.92 Å². The number of carbonyl (C=O) groups excluding carboxylic acids is 1. The summed E-state index contributed by atoms with van der Waals surface area (Å²) >= 11 is 11.8. The molecule has 3 nitrogen and oxygen atoms in total. The minimum absolute atomic E-state index is 0.0873. The first-order chi connectivity index (χ1) is 7.61. The Kier molecular flexibility index (Phi) is 3.04. The Bertz CT molecular complexity index is 481. The molecule has 1 unspecified atom stereocenters. The second-order valence-corrected chi connectivity index (χ2v) is 4.47. The van der Waals surface area contributed by atoms with Gasteiger partial charge in [0.05, 0.1) is 22.7 Å². The quantitative estimate of drug-likeness (QED) is 0.774. The van der Waals surface area contributed by atoms with Crippen molar-refractivity contribution in [3.63, 3.8) is 0 Å². The topological polar surface area (TPSA) is 44.1 Å². The van der Waals surface area contributed by atoms with E-state index in [0.29, 0.717) is 22.3 Å². The van der Waals surface area contributed by atoms with Gasteiger partial charge in [-0.25, -0.2) is 0 Å². The number of anilines is 1. The third kappa shape index (κ3) is 1.99. The van der Waals surface area contributed by atoms with Crippen LogP contribution in [0.5, 0.6) is 0 Å². The maximum Gasteiger partial charge on any atom is 0.228 e. The van der Waals surface area contributed by atoms with Crippen molar-refractivity contribution in [1.82, 2.24) is 0 Å². The van der Waals surface area contributed by atoms with Gasteiger partial charge in [-0.2, -0.15) is 5.26 Å². The Morgan fingerprint density at radius 1 is 1.44 bits per heavy atom. The van der Waals surface area contributed by atoms with E-state index < -0.39 is 0 Å². The Morgan fingerprint density at radius 2 is 2.19 bits per heavy atom. The Labute approximate surface area is 103 Å². The molecule has 1 amide bonds. The molecule has 0 radical (unpaired) electrons. The van der Waals surface area contributed by atoms with Crippen LogP contribution < -0.4 is 4.90 Å². The lowest BCUT2D eigenvalue weighted by Crippen LogP contribution is -2.24. The van der Waals surface area contributed by atoms with Gasteiger partial charge < -0.3 is 4.90 Å². The fraction of sp³-hybridized carbons (Fsp3) is 0.273. The van der Waals surface area contributed by atoms with Gasteiger partial charge in [-0.3, -0.25) is 4.79 Å². The molecule has 1 heterocycles. The molecule has 1 saturated heterocycles. The summed E-state index contributed by atoms with van der Waals surface area (Å²) in [5.41, 5.74) is 0.580. The molecule has 1 aliphatic heterocycles. The molecule has 0 aromatic heterocycles.